The zero-order valence-electron chi connectivity index (χ0n) is 6.96. The molecular weight excluding hydrogens is 166 g/mol. The summed E-state index contributed by atoms with van der Waals surface area (Å²) in [6.45, 7) is 0.611. The second kappa shape index (κ2) is 3.22. The molecule has 1 aromatic heterocycles. The molecule has 0 amide bonds. The summed E-state index contributed by atoms with van der Waals surface area (Å²) in [6, 6.07) is 9.90. The van der Waals surface area contributed by atoms with Crippen LogP contribution in [0.2, 0.25) is 0 Å². The maximum atomic E-state index is 5.52. The van der Waals surface area contributed by atoms with Crippen LogP contribution in [-0.4, -0.2) is 20.2 Å². The zero-order valence-corrected chi connectivity index (χ0v) is 6.96. The minimum Gasteiger partial charge on any atom is -0.367 e. The molecule has 1 heterocycles. The maximum Gasteiger partial charge on any atom is 0.240 e. The van der Waals surface area contributed by atoms with Crippen molar-refractivity contribution < 1.29 is 0 Å². The lowest BCUT2D eigenvalue weighted by atomic mass is 10.2. The quantitative estimate of drug-likeness (QED) is 0.712. The van der Waals surface area contributed by atoms with Gasteiger partial charge in [0, 0.05) is 0 Å². The van der Waals surface area contributed by atoms with Crippen LogP contribution in [0.1, 0.15) is 5.56 Å². The predicted molar refractivity (Wildman–Crippen MR) is 47.8 cm³/mol. The van der Waals surface area contributed by atoms with Crippen molar-refractivity contribution in [2.45, 2.75) is 6.54 Å². The maximum absolute atomic E-state index is 5.52. The summed E-state index contributed by atoms with van der Waals surface area (Å²) in [5.41, 5.74) is 6.64. The summed E-state index contributed by atoms with van der Waals surface area (Å²) < 4.78 is 1.55. The van der Waals surface area contributed by atoms with Crippen LogP contribution in [-0.2, 0) is 6.54 Å². The third kappa shape index (κ3) is 1.64. The molecule has 13 heavy (non-hydrogen) atoms. The number of hydrogen-bond donors (Lipinski definition) is 1. The minimum atomic E-state index is 0.337. The van der Waals surface area contributed by atoms with Crippen molar-refractivity contribution in [1.29, 1.82) is 0 Å². The molecule has 2 N–H and O–H groups in total. The Balaban J connectivity index is 2.20. The van der Waals surface area contributed by atoms with Gasteiger partial charge in [0.1, 0.15) is 0 Å². The van der Waals surface area contributed by atoms with E-state index in [4.69, 9.17) is 5.73 Å². The Morgan fingerprint density at radius 2 is 2.00 bits per heavy atom. The average molecular weight is 175 g/mol. The average Bonchev–Trinajstić information content (AvgIpc) is 2.54. The molecule has 0 saturated heterocycles. The van der Waals surface area contributed by atoms with Gasteiger partial charge in [0.15, 0.2) is 0 Å². The fourth-order valence-corrected chi connectivity index (χ4v) is 1.08. The van der Waals surface area contributed by atoms with E-state index in [2.05, 4.69) is 15.5 Å². The van der Waals surface area contributed by atoms with Gasteiger partial charge < -0.3 is 5.73 Å². The third-order valence-corrected chi connectivity index (χ3v) is 1.73. The molecule has 2 rings (SSSR count). The van der Waals surface area contributed by atoms with E-state index in [1.807, 2.05) is 30.3 Å². The van der Waals surface area contributed by atoms with Gasteiger partial charge in [0.2, 0.25) is 5.95 Å². The van der Waals surface area contributed by atoms with Gasteiger partial charge in [-0.15, -0.1) is 0 Å². The van der Waals surface area contributed by atoms with E-state index in [1.54, 1.807) is 4.68 Å². The number of hydrogen-bond acceptors (Lipinski definition) is 4. The highest BCUT2D eigenvalue weighted by atomic mass is 15.6. The first-order chi connectivity index (χ1) is 6.36. The third-order valence-electron chi connectivity index (χ3n) is 1.73. The van der Waals surface area contributed by atoms with Crippen LogP contribution < -0.4 is 5.73 Å². The van der Waals surface area contributed by atoms with E-state index in [0.717, 1.165) is 5.56 Å². The Hall–Kier alpha value is -1.91. The summed E-state index contributed by atoms with van der Waals surface area (Å²) in [5, 5.41) is 10.8. The first-order valence-corrected chi connectivity index (χ1v) is 3.92. The second-order valence-electron chi connectivity index (χ2n) is 2.68. The number of benzene rings is 1. The zero-order chi connectivity index (χ0) is 9.10. The van der Waals surface area contributed by atoms with Crippen molar-refractivity contribution in [1.82, 2.24) is 20.2 Å². The van der Waals surface area contributed by atoms with Gasteiger partial charge in [-0.25, -0.2) is 4.68 Å². The number of nitrogens with zero attached hydrogens (tertiary/aromatic N) is 4. The highest BCUT2D eigenvalue weighted by molar-refractivity contribution is 5.18. The Kier molecular flexibility index (Phi) is 1.91. The van der Waals surface area contributed by atoms with Crippen molar-refractivity contribution in [2.75, 3.05) is 5.73 Å². The Morgan fingerprint density at radius 1 is 1.23 bits per heavy atom. The molecule has 0 spiro atoms. The summed E-state index contributed by atoms with van der Waals surface area (Å²) in [5.74, 6) is 0.337. The number of nitrogens with two attached hydrogens (primary N) is 1. The van der Waals surface area contributed by atoms with E-state index in [1.165, 1.54) is 0 Å². The molecule has 0 radical (unpaired) electrons. The highest BCUT2D eigenvalue weighted by Crippen LogP contribution is 2.02. The lowest BCUT2D eigenvalue weighted by Crippen LogP contribution is -2.06. The van der Waals surface area contributed by atoms with Gasteiger partial charge >= 0.3 is 0 Å². The number of aromatic nitrogens is 4. The van der Waals surface area contributed by atoms with Crippen LogP contribution in [0.15, 0.2) is 30.3 Å². The normalized spacial score (nSPS) is 10.2. The van der Waals surface area contributed by atoms with Crippen molar-refractivity contribution in [2.24, 2.45) is 0 Å². The van der Waals surface area contributed by atoms with Crippen LogP contribution >= 0.6 is 0 Å². The first kappa shape index (κ1) is 7.72. The molecule has 2 aromatic rings. The molecule has 0 fully saturated rings. The molecule has 0 unspecified atom stereocenters. The topological polar surface area (TPSA) is 69.6 Å². The van der Waals surface area contributed by atoms with E-state index >= 15 is 0 Å². The monoisotopic (exact) mass is 175 g/mol. The molecule has 66 valence electrons. The Bertz CT molecular complexity index is 380. The lowest BCUT2D eigenvalue weighted by molar-refractivity contribution is 0.655. The van der Waals surface area contributed by atoms with Gasteiger partial charge in [0.25, 0.3) is 0 Å². The second-order valence-corrected chi connectivity index (χ2v) is 2.68. The molecular formula is C8H9N5. The lowest BCUT2D eigenvalue weighted by Gasteiger charge is -2.00. The molecule has 1 aromatic carbocycles. The smallest absolute Gasteiger partial charge is 0.240 e. The number of rotatable bonds is 2. The fraction of sp³-hybridized carbons (Fsp3) is 0.125. The van der Waals surface area contributed by atoms with Gasteiger partial charge in [-0.2, -0.15) is 0 Å². The van der Waals surface area contributed by atoms with Crippen LogP contribution in [0.4, 0.5) is 5.95 Å². The summed E-state index contributed by atoms with van der Waals surface area (Å²) in [6.07, 6.45) is 0. The largest absolute Gasteiger partial charge is 0.367 e. The van der Waals surface area contributed by atoms with E-state index in [9.17, 15) is 0 Å². The van der Waals surface area contributed by atoms with E-state index in [0.29, 0.717) is 12.5 Å². The van der Waals surface area contributed by atoms with Crippen LogP contribution in [0.25, 0.3) is 0 Å². The molecule has 0 aliphatic rings. The molecule has 0 aliphatic heterocycles. The van der Waals surface area contributed by atoms with Crippen molar-refractivity contribution >= 4 is 5.95 Å². The number of tetrazole rings is 1. The Labute approximate surface area is 75.2 Å². The molecule has 0 saturated carbocycles. The summed E-state index contributed by atoms with van der Waals surface area (Å²) in [7, 11) is 0. The predicted octanol–water partition coefficient (Wildman–Crippen LogP) is 0.304. The van der Waals surface area contributed by atoms with E-state index in [-0.39, 0.29) is 0 Å². The van der Waals surface area contributed by atoms with Gasteiger partial charge in [0.05, 0.1) is 6.54 Å². The fourth-order valence-electron chi connectivity index (χ4n) is 1.08. The van der Waals surface area contributed by atoms with Gasteiger partial charge in [-0.1, -0.05) is 35.4 Å². The molecule has 0 bridgehead atoms. The summed E-state index contributed by atoms with van der Waals surface area (Å²) in [4.78, 5) is 0. The van der Waals surface area contributed by atoms with Crippen LogP contribution in [0, 0.1) is 0 Å². The Morgan fingerprint density at radius 3 is 2.62 bits per heavy atom. The number of nitrogen functional groups attached to an aromatic ring is 1. The van der Waals surface area contributed by atoms with E-state index < -0.39 is 0 Å². The molecule has 5 heteroatoms. The van der Waals surface area contributed by atoms with Crippen LogP contribution in [0.3, 0.4) is 0 Å². The van der Waals surface area contributed by atoms with Gasteiger partial charge in [-0.05, 0) is 16.0 Å². The number of anilines is 1. The molecule has 5 nitrogen and oxygen atoms in total. The van der Waals surface area contributed by atoms with Crippen molar-refractivity contribution in [3.8, 4) is 0 Å². The molecule has 0 atom stereocenters. The minimum absolute atomic E-state index is 0.337. The summed E-state index contributed by atoms with van der Waals surface area (Å²) >= 11 is 0. The van der Waals surface area contributed by atoms with Crippen molar-refractivity contribution in [3.05, 3.63) is 35.9 Å². The SMILES string of the molecule is Nc1nnnn1Cc1ccccc1. The highest BCUT2D eigenvalue weighted by Gasteiger charge is 2.00. The van der Waals surface area contributed by atoms with Crippen molar-refractivity contribution in [3.63, 3.8) is 0 Å². The van der Waals surface area contributed by atoms with Gasteiger partial charge in [-0.3, -0.25) is 0 Å². The standard InChI is InChI=1S/C8H9N5/c9-8-10-11-12-13(8)6-7-4-2-1-3-5-7/h1-5H,6H2,(H2,9,10,12). The first-order valence-electron chi connectivity index (χ1n) is 3.92. The van der Waals surface area contributed by atoms with Crippen LogP contribution in [0.5, 0.6) is 0 Å². The molecule has 0 aliphatic carbocycles.